The number of hydrogen-bond donors (Lipinski definition) is 1. The van der Waals surface area contributed by atoms with Gasteiger partial charge in [0.25, 0.3) is 0 Å². The number of nitrogens with one attached hydrogen (secondary N) is 1. The molecule has 0 fully saturated rings. The highest BCUT2D eigenvalue weighted by molar-refractivity contribution is 6.08. The number of aryl methyl sites for hydroxylation is 2. The summed E-state index contributed by atoms with van der Waals surface area (Å²) in [4.78, 5) is 26.0. The van der Waals surface area contributed by atoms with Crippen molar-refractivity contribution < 1.29 is 19.1 Å². The standard InChI is InChI=1S/C24H25N3O4/c1-5-15-6-9-17(10-7-15)27-24-22(14(2)26-27)18(13-21(28)25-24)23(29)16-8-11-19(30-3)20(12-16)31-4/h6-12,18H,5,13H2,1-4H3,(H,25,28). The Labute approximate surface area is 181 Å². The number of ketones is 1. The summed E-state index contributed by atoms with van der Waals surface area (Å²) in [7, 11) is 3.07. The van der Waals surface area contributed by atoms with E-state index in [1.54, 1.807) is 30.0 Å². The van der Waals surface area contributed by atoms with Gasteiger partial charge in [-0.05, 0) is 49.2 Å². The molecule has 0 aliphatic carbocycles. The first-order valence-corrected chi connectivity index (χ1v) is 10.2. The first-order chi connectivity index (χ1) is 15.0. The zero-order valence-electron chi connectivity index (χ0n) is 18.1. The van der Waals surface area contributed by atoms with Gasteiger partial charge in [-0.25, -0.2) is 4.68 Å². The minimum absolute atomic E-state index is 0.0709. The number of nitrogens with zero attached hydrogens (tertiary/aromatic N) is 2. The molecule has 3 aromatic rings. The molecule has 2 heterocycles. The number of carbonyl (C=O) groups excluding carboxylic acids is 2. The van der Waals surface area contributed by atoms with Gasteiger partial charge in [-0.3, -0.25) is 9.59 Å². The molecule has 4 rings (SSSR count). The van der Waals surface area contributed by atoms with Crippen molar-refractivity contribution in [2.45, 2.75) is 32.6 Å². The monoisotopic (exact) mass is 419 g/mol. The first kappa shape index (κ1) is 20.7. The maximum absolute atomic E-state index is 13.4. The summed E-state index contributed by atoms with van der Waals surface area (Å²) in [5.74, 6) is 0.582. The maximum Gasteiger partial charge on any atom is 0.226 e. The highest BCUT2D eigenvalue weighted by Crippen LogP contribution is 2.39. The lowest BCUT2D eigenvalue weighted by molar-refractivity contribution is -0.116. The zero-order valence-corrected chi connectivity index (χ0v) is 18.1. The fourth-order valence-corrected chi connectivity index (χ4v) is 4.02. The fourth-order valence-electron chi connectivity index (χ4n) is 4.02. The number of methoxy groups -OCH3 is 2. The third kappa shape index (κ3) is 3.67. The third-order valence-electron chi connectivity index (χ3n) is 5.68. The maximum atomic E-state index is 13.4. The molecule has 1 atom stereocenters. The zero-order chi connectivity index (χ0) is 22.1. The highest BCUT2D eigenvalue weighted by atomic mass is 16.5. The predicted octanol–water partition coefficient (Wildman–Crippen LogP) is 4.07. The van der Waals surface area contributed by atoms with Crippen molar-refractivity contribution in [2.75, 3.05) is 19.5 Å². The van der Waals surface area contributed by atoms with Crippen molar-refractivity contribution in [3.8, 4) is 17.2 Å². The summed E-state index contributed by atoms with van der Waals surface area (Å²) in [6.07, 6.45) is 1.01. The minimum atomic E-state index is -0.620. The normalized spacial score (nSPS) is 15.2. The first-order valence-electron chi connectivity index (χ1n) is 10.2. The summed E-state index contributed by atoms with van der Waals surface area (Å²) in [6, 6.07) is 13.1. The molecule has 2 aromatic carbocycles. The lowest BCUT2D eigenvalue weighted by Gasteiger charge is -2.23. The van der Waals surface area contributed by atoms with Gasteiger partial charge in [0.15, 0.2) is 17.3 Å². The lowest BCUT2D eigenvalue weighted by atomic mass is 9.85. The van der Waals surface area contributed by atoms with Crippen molar-refractivity contribution in [1.29, 1.82) is 0 Å². The SMILES string of the molecule is CCc1ccc(-n2nc(C)c3c2NC(=O)CC3C(=O)c2ccc(OC)c(OC)c2)cc1. The molecule has 0 bridgehead atoms. The van der Waals surface area contributed by atoms with Crippen LogP contribution in [0.25, 0.3) is 5.69 Å². The second-order valence-electron chi connectivity index (χ2n) is 7.52. The van der Waals surface area contributed by atoms with Gasteiger partial charge in [0.2, 0.25) is 5.91 Å². The lowest BCUT2D eigenvalue weighted by Crippen LogP contribution is -2.28. The van der Waals surface area contributed by atoms with Gasteiger partial charge in [0.05, 0.1) is 31.5 Å². The van der Waals surface area contributed by atoms with Crippen LogP contribution >= 0.6 is 0 Å². The highest BCUT2D eigenvalue weighted by Gasteiger charge is 2.36. The van der Waals surface area contributed by atoms with Crippen LogP contribution in [0.15, 0.2) is 42.5 Å². The van der Waals surface area contributed by atoms with Gasteiger partial charge in [-0.15, -0.1) is 0 Å². The van der Waals surface area contributed by atoms with Gasteiger partial charge >= 0.3 is 0 Å². The summed E-state index contributed by atoms with van der Waals surface area (Å²) >= 11 is 0. The number of amides is 1. The van der Waals surface area contributed by atoms with Crippen molar-refractivity contribution in [3.63, 3.8) is 0 Å². The van der Waals surface area contributed by atoms with Crippen molar-refractivity contribution in [2.24, 2.45) is 0 Å². The van der Waals surface area contributed by atoms with E-state index in [9.17, 15) is 9.59 Å². The Hall–Kier alpha value is -3.61. The number of hydrogen-bond acceptors (Lipinski definition) is 5. The quantitative estimate of drug-likeness (QED) is 0.609. The number of fused-ring (bicyclic) bond motifs is 1. The van der Waals surface area contributed by atoms with E-state index in [1.807, 2.05) is 31.2 Å². The molecule has 1 unspecified atom stereocenters. The second kappa shape index (κ2) is 8.26. The summed E-state index contributed by atoms with van der Waals surface area (Å²) < 4.78 is 12.3. The molecule has 1 aliphatic heterocycles. The van der Waals surface area contributed by atoms with E-state index in [4.69, 9.17) is 9.47 Å². The van der Waals surface area contributed by atoms with Crippen LogP contribution in [-0.2, 0) is 11.2 Å². The Morgan fingerprint density at radius 1 is 1.13 bits per heavy atom. The largest absolute Gasteiger partial charge is 0.493 e. The molecular weight excluding hydrogens is 394 g/mol. The average molecular weight is 419 g/mol. The van der Waals surface area contributed by atoms with E-state index in [-0.39, 0.29) is 18.1 Å². The van der Waals surface area contributed by atoms with E-state index in [0.717, 1.165) is 17.7 Å². The summed E-state index contributed by atoms with van der Waals surface area (Å²) in [5, 5.41) is 7.56. The topological polar surface area (TPSA) is 82.5 Å². The predicted molar refractivity (Wildman–Crippen MR) is 118 cm³/mol. The third-order valence-corrected chi connectivity index (χ3v) is 5.68. The molecule has 1 amide bonds. The van der Waals surface area contributed by atoms with E-state index in [0.29, 0.717) is 28.6 Å². The van der Waals surface area contributed by atoms with Crippen LogP contribution in [0.1, 0.15) is 46.4 Å². The Balaban J connectivity index is 1.76. The molecule has 7 heteroatoms. The second-order valence-corrected chi connectivity index (χ2v) is 7.52. The number of rotatable bonds is 6. The molecule has 0 spiro atoms. The van der Waals surface area contributed by atoms with Crippen LogP contribution in [0.3, 0.4) is 0 Å². The van der Waals surface area contributed by atoms with Crippen LogP contribution < -0.4 is 14.8 Å². The number of aromatic nitrogens is 2. The van der Waals surface area contributed by atoms with Crippen molar-refractivity contribution in [1.82, 2.24) is 9.78 Å². The molecule has 31 heavy (non-hydrogen) atoms. The van der Waals surface area contributed by atoms with Crippen LogP contribution in [-0.4, -0.2) is 35.7 Å². The number of carbonyl (C=O) groups is 2. The molecule has 0 radical (unpaired) electrons. The number of anilines is 1. The molecular formula is C24H25N3O4. The van der Waals surface area contributed by atoms with Gasteiger partial charge in [-0.1, -0.05) is 19.1 Å². The molecule has 1 aromatic heterocycles. The fraction of sp³-hybridized carbons (Fsp3) is 0.292. The van der Waals surface area contributed by atoms with E-state index >= 15 is 0 Å². The molecule has 7 nitrogen and oxygen atoms in total. The molecule has 0 saturated carbocycles. The number of benzene rings is 2. The van der Waals surface area contributed by atoms with E-state index in [2.05, 4.69) is 17.3 Å². The summed E-state index contributed by atoms with van der Waals surface area (Å²) in [6.45, 7) is 3.96. The Morgan fingerprint density at radius 3 is 2.48 bits per heavy atom. The van der Waals surface area contributed by atoms with Gasteiger partial charge in [-0.2, -0.15) is 5.10 Å². The van der Waals surface area contributed by atoms with Crippen LogP contribution in [0.5, 0.6) is 11.5 Å². The number of ether oxygens (including phenoxy) is 2. The van der Waals surface area contributed by atoms with Gasteiger partial charge < -0.3 is 14.8 Å². The Kier molecular flexibility index (Phi) is 5.50. The van der Waals surface area contributed by atoms with Crippen LogP contribution in [0.2, 0.25) is 0 Å². The van der Waals surface area contributed by atoms with Crippen molar-refractivity contribution in [3.05, 3.63) is 64.8 Å². The molecule has 1 aliphatic rings. The smallest absolute Gasteiger partial charge is 0.226 e. The van der Waals surface area contributed by atoms with E-state index < -0.39 is 5.92 Å². The van der Waals surface area contributed by atoms with Crippen molar-refractivity contribution >= 4 is 17.5 Å². The summed E-state index contributed by atoms with van der Waals surface area (Å²) in [5.41, 5.74) is 3.98. The Bertz CT molecular complexity index is 1150. The van der Waals surface area contributed by atoms with Gasteiger partial charge in [0, 0.05) is 17.5 Å². The Morgan fingerprint density at radius 2 is 1.84 bits per heavy atom. The van der Waals surface area contributed by atoms with Gasteiger partial charge in [0.1, 0.15) is 5.82 Å². The molecule has 160 valence electrons. The molecule has 1 N–H and O–H groups in total. The van der Waals surface area contributed by atoms with Crippen LogP contribution in [0.4, 0.5) is 5.82 Å². The minimum Gasteiger partial charge on any atom is -0.493 e. The van der Waals surface area contributed by atoms with Crippen LogP contribution in [0, 0.1) is 6.92 Å². The average Bonchev–Trinajstić information content (AvgIpc) is 3.13. The number of Topliss-reactive ketones (excluding diaryl/α,β-unsaturated/α-hetero) is 1. The molecule has 0 saturated heterocycles. The van der Waals surface area contributed by atoms with E-state index in [1.165, 1.54) is 12.7 Å².